The van der Waals surface area contributed by atoms with Gasteiger partial charge in [0.1, 0.15) is 12.0 Å². The van der Waals surface area contributed by atoms with Crippen molar-refractivity contribution in [2.24, 2.45) is 9.98 Å². The van der Waals surface area contributed by atoms with E-state index in [1.807, 2.05) is 24.3 Å². The van der Waals surface area contributed by atoms with Crippen LogP contribution in [-0.2, 0) is 0 Å². The predicted octanol–water partition coefficient (Wildman–Crippen LogP) is 8.84. The Kier molecular flexibility index (Phi) is 5.50. The molecule has 1 N–H and O–H groups in total. The number of fused-ring (bicyclic) bond motifs is 6. The summed E-state index contributed by atoms with van der Waals surface area (Å²) in [4.78, 5) is 10.4. The van der Waals surface area contributed by atoms with Crippen LogP contribution in [0, 0.1) is 0 Å². The number of rotatable bonds is 3. The fourth-order valence-electron chi connectivity index (χ4n) is 6.58. The number of hydrogen-bond acceptors (Lipinski definition) is 3. The number of amidine groups is 1. The van der Waals surface area contributed by atoms with Crippen LogP contribution in [-0.4, -0.2) is 20.9 Å². The molecule has 0 bridgehead atoms. The molecule has 1 unspecified atom stereocenters. The van der Waals surface area contributed by atoms with E-state index in [4.69, 9.17) is 9.98 Å². The maximum absolute atomic E-state index is 5.24. The fraction of sp³-hybridized carbons (Fsp3) is 0.0256. The van der Waals surface area contributed by atoms with Gasteiger partial charge >= 0.3 is 0 Å². The first-order valence-corrected chi connectivity index (χ1v) is 14.9. The highest BCUT2D eigenvalue weighted by molar-refractivity contribution is 6.22. The lowest BCUT2D eigenvalue weighted by Gasteiger charge is -2.24. The second-order valence-electron chi connectivity index (χ2n) is 11.1. The van der Waals surface area contributed by atoms with E-state index in [2.05, 4.69) is 142 Å². The summed E-state index contributed by atoms with van der Waals surface area (Å²) < 4.78 is 4.60. The molecule has 0 spiro atoms. The van der Waals surface area contributed by atoms with E-state index in [1.54, 1.807) is 0 Å². The molecule has 1 aliphatic rings. The van der Waals surface area contributed by atoms with Crippen molar-refractivity contribution in [3.8, 4) is 5.69 Å². The highest BCUT2D eigenvalue weighted by Gasteiger charge is 2.24. The smallest absolute Gasteiger partial charge is 0.234 e. The Morgan fingerprint density at radius 3 is 1.66 bits per heavy atom. The molecule has 9 rings (SSSR count). The number of hydrogen-bond donors (Lipinski definition) is 1. The molecular formula is C39H27N5. The first kappa shape index (κ1) is 24.6. The molecule has 0 radical (unpaired) electrons. The van der Waals surface area contributed by atoms with Crippen LogP contribution in [0.25, 0.3) is 49.3 Å². The number of para-hydroxylation sites is 3. The molecule has 208 valence electrons. The van der Waals surface area contributed by atoms with Gasteiger partial charge in [-0.3, -0.25) is 4.57 Å². The molecular weight excluding hydrogens is 538 g/mol. The summed E-state index contributed by atoms with van der Waals surface area (Å²) in [5.74, 6) is 1.46. The second kappa shape index (κ2) is 9.82. The predicted molar refractivity (Wildman–Crippen MR) is 182 cm³/mol. The van der Waals surface area contributed by atoms with Gasteiger partial charge in [-0.25, -0.2) is 4.99 Å². The summed E-state index contributed by atoms with van der Waals surface area (Å²) in [7, 11) is 0. The lowest BCUT2D eigenvalue weighted by atomic mass is 10.1. The van der Waals surface area contributed by atoms with Crippen molar-refractivity contribution < 1.29 is 0 Å². The Bertz CT molecular complexity index is 2400. The standard InChI is InChI=1S/C39H27N5/c1-4-14-26(15-5-1)37-40-38(27-16-6-2-7-17-27)42-39(41-37)44-34-23-13-11-21-30(34)32-24-35-31(25-36(32)44)29-20-10-12-22-33(29)43(35)28-18-8-3-9-19-28/h1-25,37H,(H,40,41,42). The summed E-state index contributed by atoms with van der Waals surface area (Å²) in [6, 6.07) is 53.2. The van der Waals surface area contributed by atoms with Gasteiger partial charge in [0.25, 0.3) is 0 Å². The first-order chi connectivity index (χ1) is 21.8. The monoisotopic (exact) mass is 565 g/mol. The van der Waals surface area contributed by atoms with E-state index in [0.717, 1.165) is 33.7 Å². The topological polar surface area (TPSA) is 46.6 Å². The van der Waals surface area contributed by atoms with E-state index >= 15 is 0 Å². The quantitative estimate of drug-likeness (QED) is 0.229. The van der Waals surface area contributed by atoms with E-state index in [-0.39, 0.29) is 6.17 Å². The minimum atomic E-state index is -0.279. The molecule has 0 saturated carbocycles. The van der Waals surface area contributed by atoms with E-state index in [1.165, 1.54) is 32.6 Å². The van der Waals surface area contributed by atoms with Gasteiger partial charge < -0.3 is 9.88 Å². The van der Waals surface area contributed by atoms with Crippen LogP contribution < -0.4 is 5.32 Å². The van der Waals surface area contributed by atoms with Gasteiger partial charge in [0.05, 0.1) is 22.1 Å². The maximum Gasteiger partial charge on any atom is 0.234 e. The third kappa shape index (κ3) is 3.80. The SMILES string of the molecule is c1ccc(C2=NC(n3c4ccccc4c4cc5c(cc43)c3ccccc3n5-c3ccccc3)=NC(c3ccccc3)N2)cc1. The van der Waals surface area contributed by atoms with Gasteiger partial charge in [-0.05, 0) is 42.0 Å². The Morgan fingerprint density at radius 2 is 1.00 bits per heavy atom. The highest BCUT2D eigenvalue weighted by Crippen LogP contribution is 2.38. The number of aliphatic imine (C=N–C) groups is 2. The van der Waals surface area contributed by atoms with Crippen molar-refractivity contribution in [2.45, 2.75) is 6.17 Å². The molecule has 0 amide bonds. The van der Waals surface area contributed by atoms with Gasteiger partial charge in [0.15, 0.2) is 0 Å². The van der Waals surface area contributed by atoms with Crippen LogP contribution in [0.2, 0.25) is 0 Å². The Labute approximate surface area is 254 Å². The molecule has 2 aromatic heterocycles. The van der Waals surface area contributed by atoms with Gasteiger partial charge in [-0.15, -0.1) is 0 Å². The number of benzene rings is 6. The third-order valence-corrected chi connectivity index (χ3v) is 8.57. The van der Waals surface area contributed by atoms with Gasteiger partial charge in [-0.1, -0.05) is 115 Å². The molecule has 6 aromatic carbocycles. The minimum absolute atomic E-state index is 0.279. The molecule has 8 aromatic rings. The van der Waals surface area contributed by atoms with E-state index in [9.17, 15) is 0 Å². The molecule has 44 heavy (non-hydrogen) atoms. The lowest BCUT2D eigenvalue weighted by Crippen LogP contribution is -2.35. The van der Waals surface area contributed by atoms with Crippen LogP contribution in [0.5, 0.6) is 0 Å². The van der Waals surface area contributed by atoms with Crippen LogP contribution in [0.1, 0.15) is 17.3 Å². The van der Waals surface area contributed by atoms with Crippen LogP contribution in [0.3, 0.4) is 0 Å². The number of aromatic nitrogens is 2. The second-order valence-corrected chi connectivity index (χ2v) is 11.1. The lowest BCUT2D eigenvalue weighted by molar-refractivity contribution is 0.668. The van der Waals surface area contributed by atoms with Crippen molar-refractivity contribution in [2.75, 3.05) is 0 Å². The van der Waals surface area contributed by atoms with E-state index in [0.29, 0.717) is 5.96 Å². The molecule has 0 aliphatic carbocycles. The normalized spacial score (nSPS) is 15.0. The molecule has 0 saturated heterocycles. The van der Waals surface area contributed by atoms with Crippen LogP contribution >= 0.6 is 0 Å². The molecule has 3 heterocycles. The average molecular weight is 566 g/mol. The number of nitrogens with zero attached hydrogens (tertiary/aromatic N) is 4. The number of nitrogens with one attached hydrogen (secondary N) is 1. The van der Waals surface area contributed by atoms with Crippen molar-refractivity contribution in [3.05, 3.63) is 163 Å². The third-order valence-electron chi connectivity index (χ3n) is 8.57. The van der Waals surface area contributed by atoms with Gasteiger partial charge in [0.2, 0.25) is 5.96 Å². The molecule has 1 aliphatic heterocycles. The van der Waals surface area contributed by atoms with Crippen molar-refractivity contribution >= 4 is 55.4 Å². The Morgan fingerprint density at radius 1 is 0.477 bits per heavy atom. The van der Waals surface area contributed by atoms with Gasteiger partial charge in [0, 0.05) is 32.8 Å². The first-order valence-electron chi connectivity index (χ1n) is 14.9. The molecule has 1 atom stereocenters. The summed E-state index contributed by atoms with van der Waals surface area (Å²) in [5, 5.41) is 8.35. The van der Waals surface area contributed by atoms with Crippen molar-refractivity contribution in [1.29, 1.82) is 0 Å². The van der Waals surface area contributed by atoms with Crippen LogP contribution in [0.15, 0.2) is 162 Å². The maximum atomic E-state index is 5.24. The summed E-state index contributed by atoms with van der Waals surface area (Å²) in [6.45, 7) is 0. The van der Waals surface area contributed by atoms with E-state index < -0.39 is 0 Å². The zero-order chi connectivity index (χ0) is 29.0. The van der Waals surface area contributed by atoms with Crippen molar-refractivity contribution in [1.82, 2.24) is 14.5 Å². The van der Waals surface area contributed by atoms with Gasteiger partial charge in [-0.2, -0.15) is 4.99 Å². The van der Waals surface area contributed by atoms with Crippen LogP contribution in [0.4, 0.5) is 0 Å². The largest absolute Gasteiger partial charge is 0.344 e. The average Bonchev–Trinajstić information content (AvgIpc) is 3.60. The zero-order valence-electron chi connectivity index (χ0n) is 23.8. The Balaban J connectivity index is 1.36. The fourth-order valence-corrected chi connectivity index (χ4v) is 6.58. The zero-order valence-corrected chi connectivity index (χ0v) is 23.8. The molecule has 5 heteroatoms. The van der Waals surface area contributed by atoms with Crippen molar-refractivity contribution in [3.63, 3.8) is 0 Å². The highest BCUT2D eigenvalue weighted by atomic mass is 15.3. The molecule has 0 fully saturated rings. The Hall–Kier alpha value is -5.94. The summed E-state index contributed by atoms with van der Waals surface area (Å²) >= 11 is 0. The molecule has 5 nitrogen and oxygen atoms in total. The minimum Gasteiger partial charge on any atom is -0.344 e. The summed E-state index contributed by atoms with van der Waals surface area (Å²) in [5.41, 5.74) is 7.78. The summed E-state index contributed by atoms with van der Waals surface area (Å²) in [6.07, 6.45) is -0.279.